The fraction of sp³-hybridized carbons (Fsp3) is 0.200. The highest BCUT2D eigenvalue weighted by atomic mass is 32.1. The number of aromatic nitrogens is 1. The van der Waals surface area contributed by atoms with Gasteiger partial charge in [0.05, 0.1) is 20.8 Å². The van der Waals surface area contributed by atoms with Crippen molar-refractivity contribution in [2.45, 2.75) is 13.0 Å². The summed E-state index contributed by atoms with van der Waals surface area (Å²) in [5.41, 5.74) is 1.36. The van der Waals surface area contributed by atoms with Crippen LogP contribution in [0.5, 0.6) is 11.5 Å². The molecule has 0 fully saturated rings. The number of ether oxygens (including phenoxy) is 2. The molecule has 0 unspecified atom stereocenters. The number of carbonyl (C=O) groups excluding carboxylic acids is 1. The first-order chi connectivity index (χ1) is 13.1. The summed E-state index contributed by atoms with van der Waals surface area (Å²) in [5.74, 6) is 0.351. The van der Waals surface area contributed by atoms with E-state index in [0.29, 0.717) is 30.0 Å². The molecule has 7 heteroatoms. The molecule has 1 heterocycles. The van der Waals surface area contributed by atoms with Crippen molar-refractivity contribution >= 4 is 17.2 Å². The van der Waals surface area contributed by atoms with Gasteiger partial charge in [-0.25, -0.2) is 9.37 Å². The van der Waals surface area contributed by atoms with Gasteiger partial charge in [-0.1, -0.05) is 18.2 Å². The molecule has 0 radical (unpaired) electrons. The van der Waals surface area contributed by atoms with Crippen molar-refractivity contribution in [1.82, 2.24) is 10.3 Å². The van der Waals surface area contributed by atoms with Crippen molar-refractivity contribution in [3.8, 4) is 11.5 Å². The molecular formula is C20H19FN2O3S. The van der Waals surface area contributed by atoms with Gasteiger partial charge in [-0.3, -0.25) is 4.79 Å². The first kappa shape index (κ1) is 18.8. The van der Waals surface area contributed by atoms with E-state index in [1.165, 1.54) is 37.7 Å². The van der Waals surface area contributed by atoms with Crippen LogP contribution in [0.25, 0.3) is 0 Å². The molecule has 0 saturated carbocycles. The predicted octanol–water partition coefficient (Wildman–Crippen LogP) is 3.82. The summed E-state index contributed by atoms with van der Waals surface area (Å²) in [6, 6.07) is 11.6. The smallest absolute Gasteiger partial charge is 0.259 e. The predicted molar refractivity (Wildman–Crippen MR) is 102 cm³/mol. The number of nitrogens with zero attached hydrogens (tertiary/aromatic N) is 1. The molecule has 140 valence electrons. The summed E-state index contributed by atoms with van der Waals surface area (Å²) in [4.78, 5) is 18.0. The van der Waals surface area contributed by atoms with Gasteiger partial charge in [0.15, 0.2) is 0 Å². The Bertz CT molecular complexity index is 903. The molecule has 5 nitrogen and oxygen atoms in total. The molecule has 3 aromatic rings. The Morgan fingerprint density at radius 2 is 1.78 bits per heavy atom. The van der Waals surface area contributed by atoms with E-state index in [9.17, 15) is 9.18 Å². The topological polar surface area (TPSA) is 60.5 Å². The largest absolute Gasteiger partial charge is 0.496 e. The van der Waals surface area contributed by atoms with Crippen molar-refractivity contribution in [2.75, 3.05) is 14.2 Å². The fourth-order valence-electron chi connectivity index (χ4n) is 2.63. The van der Waals surface area contributed by atoms with Crippen LogP contribution in [-0.2, 0) is 13.0 Å². The Labute approximate surface area is 160 Å². The van der Waals surface area contributed by atoms with Gasteiger partial charge < -0.3 is 14.8 Å². The minimum absolute atomic E-state index is 0.252. The van der Waals surface area contributed by atoms with E-state index >= 15 is 0 Å². The maximum atomic E-state index is 13.0. The number of nitrogens with one attached hydrogen (secondary N) is 1. The Kier molecular flexibility index (Phi) is 6.03. The molecule has 0 spiro atoms. The summed E-state index contributed by atoms with van der Waals surface area (Å²) in [6.07, 6.45) is 2.45. The van der Waals surface area contributed by atoms with Gasteiger partial charge in [0.25, 0.3) is 5.91 Å². The number of thiazole rings is 1. The minimum Gasteiger partial charge on any atom is -0.496 e. The Morgan fingerprint density at radius 3 is 2.41 bits per heavy atom. The SMILES string of the molecule is COc1cccc(OC)c1C(=O)NCc1ncc(Cc2ccc(F)cc2)s1. The van der Waals surface area contributed by atoms with Crippen LogP contribution in [0.4, 0.5) is 4.39 Å². The van der Waals surface area contributed by atoms with E-state index in [0.717, 1.165) is 15.4 Å². The molecule has 1 amide bonds. The first-order valence-corrected chi connectivity index (χ1v) is 9.09. The second kappa shape index (κ2) is 8.64. The number of rotatable bonds is 7. The molecule has 0 aliphatic carbocycles. The number of methoxy groups -OCH3 is 2. The van der Waals surface area contributed by atoms with Crippen LogP contribution < -0.4 is 14.8 Å². The number of benzene rings is 2. The number of amides is 1. The van der Waals surface area contributed by atoms with Crippen LogP contribution in [0.3, 0.4) is 0 Å². The molecule has 0 aliphatic rings. The van der Waals surface area contributed by atoms with Gasteiger partial charge in [0.1, 0.15) is 27.9 Å². The van der Waals surface area contributed by atoms with Gasteiger partial charge in [-0.15, -0.1) is 11.3 Å². The lowest BCUT2D eigenvalue weighted by molar-refractivity contribution is 0.0944. The Balaban J connectivity index is 1.65. The van der Waals surface area contributed by atoms with Gasteiger partial charge in [0, 0.05) is 17.5 Å². The molecule has 0 aliphatic heterocycles. The average Bonchev–Trinajstić information content (AvgIpc) is 3.14. The summed E-state index contributed by atoms with van der Waals surface area (Å²) in [7, 11) is 3.02. The first-order valence-electron chi connectivity index (χ1n) is 8.28. The van der Waals surface area contributed by atoms with Gasteiger partial charge in [-0.2, -0.15) is 0 Å². The van der Waals surface area contributed by atoms with E-state index in [2.05, 4.69) is 10.3 Å². The fourth-order valence-corrected chi connectivity index (χ4v) is 3.53. The third-order valence-electron chi connectivity index (χ3n) is 3.95. The van der Waals surface area contributed by atoms with E-state index in [4.69, 9.17) is 9.47 Å². The molecule has 27 heavy (non-hydrogen) atoms. The number of hydrogen-bond acceptors (Lipinski definition) is 5. The molecule has 2 aromatic carbocycles. The summed E-state index contributed by atoms with van der Waals surface area (Å²) in [5, 5.41) is 3.64. The van der Waals surface area contributed by atoms with Crippen LogP contribution in [-0.4, -0.2) is 25.1 Å². The van der Waals surface area contributed by atoms with Crippen LogP contribution in [0, 0.1) is 5.82 Å². The lowest BCUT2D eigenvalue weighted by Crippen LogP contribution is -2.23. The van der Waals surface area contributed by atoms with Crippen LogP contribution in [0.15, 0.2) is 48.7 Å². The summed E-state index contributed by atoms with van der Waals surface area (Å²) >= 11 is 1.51. The van der Waals surface area contributed by atoms with Crippen molar-refractivity contribution in [1.29, 1.82) is 0 Å². The zero-order valence-electron chi connectivity index (χ0n) is 15.0. The highest BCUT2D eigenvalue weighted by Crippen LogP contribution is 2.28. The van der Waals surface area contributed by atoms with Crippen molar-refractivity contribution < 1.29 is 18.7 Å². The van der Waals surface area contributed by atoms with E-state index in [1.54, 1.807) is 36.5 Å². The van der Waals surface area contributed by atoms with Crippen molar-refractivity contribution in [3.63, 3.8) is 0 Å². The van der Waals surface area contributed by atoms with Crippen LogP contribution >= 0.6 is 11.3 Å². The zero-order valence-corrected chi connectivity index (χ0v) is 15.8. The van der Waals surface area contributed by atoms with E-state index < -0.39 is 0 Å². The van der Waals surface area contributed by atoms with Crippen LogP contribution in [0.1, 0.15) is 25.8 Å². The lowest BCUT2D eigenvalue weighted by Gasteiger charge is -2.12. The van der Waals surface area contributed by atoms with E-state index in [-0.39, 0.29) is 11.7 Å². The molecule has 0 bridgehead atoms. The lowest BCUT2D eigenvalue weighted by atomic mass is 10.1. The summed E-state index contributed by atoms with van der Waals surface area (Å²) < 4.78 is 23.5. The normalized spacial score (nSPS) is 10.5. The maximum Gasteiger partial charge on any atom is 0.259 e. The second-order valence-corrected chi connectivity index (χ2v) is 6.94. The van der Waals surface area contributed by atoms with Gasteiger partial charge in [0.2, 0.25) is 0 Å². The standard InChI is InChI=1S/C20H19FN2O3S/c1-25-16-4-3-5-17(26-2)19(16)20(24)23-12-18-22-11-15(27-18)10-13-6-8-14(21)9-7-13/h3-9,11H,10,12H2,1-2H3,(H,23,24). The molecule has 1 N–H and O–H groups in total. The highest BCUT2D eigenvalue weighted by Gasteiger charge is 2.18. The second-order valence-electron chi connectivity index (χ2n) is 5.74. The van der Waals surface area contributed by atoms with E-state index in [1.807, 2.05) is 0 Å². The van der Waals surface area contributed by atoms with Gasteiger partial charge in [-0.05, 0) is 29.8 Å². The Morgan fingerprint density at radius 1 is 1.11 bits per heavy atom. The van der Waals surface area contributed by atoms with Gasteiger partial charge >= 0.3 is 0 Å². The molecule has 0 saturated heterocycles. The highest BCUT2D eigenvalue weighted by molar-refractivity contribution is 7.11. The molecular weight excluding hydrogens is 367 g/mol. The Hall–Kier alpha value is -2.93. The monoisotopic (exact) mass is 386 g/mol. The summed E-state index contributed by atoms with van der Waals surface area (Å²) in [6.45, 7) is 0.300. The average molecular weight is 386 g/mol. The molecule has 0 atom stereocenters. The van der Waals surface area contributed by atoms with Crippen molar-refractivity contribution in [2.24, 2.45) is 0 Å². The quantitative estimate of drug-likeness (QED) is 0.671. The number of halogens is 1. The van der Waals surface area contributed by atoms with Crippen LogP contribution in [0.2, 0.25) is 0 Å². The molecule has 3 rings (SSSR count). The molecule has 1 aromatic heterocycles. The third-order valence-corrected chi connectivity index (χ3v) is 4.95. The van der Waals surface area contributed by atoms with Crippen molar-refractivity contribution in [3.05, 3.63) is 75.5 Å². The third kappa shape index (κ3) is 4.62. The zero-order chi connectivity index (χ0) is 19.2. The minimum atomic E-state index is -0.292. The number of carbonyl (C=O) groups is 1. The maximum absolute atomic E-state index is 13.0. The number of hydrogen-bond donors (Lipinski definition) is 1.